The highest BCUT2D eigenvalue weighted by molar-refractivity contribution is 9.10. The average molecular weight is 611 g/mol. The standard InChI is InChI=1S/C24H16Br2Cl2N2O3/c1-32-22-8-15(7-16(12-29)24(31)30-19-4-2-3-17(25)9-19)20(26)11-23(22)33-13-14-5-6-18(27)10-21(14)28/h2-11H,13H2,1H3,(H,30,31)/b16-7-. The van der Waals surface area contributed by atoms with Gasteiger partial charge in [-0.15, -0.1) is 0 Å². The monoisotopic (exact) mass is 608 g/mol. The smallest absolute Gasteiger partial charge is 0.266 e. The van der Waals surface area contributed by atoms with Crippen molar-refractivity contribution in [1.29, 1.82) is 5.26 Å². The summed E-state index contributed by atoms with van der Waals surface area (Å²) in [7, 11) is 1.50. The quantitative estimate of drug-likeness (QED) is 0.220. The van der Waals surface area contributed by atoms with E-state index in [1.165, 1.54) is 13.2 Å². The zero-order valence-corrected chi connectivity index (χ0v) is 21.8. The van der Waals surface area contributed by atoms with Crippen molar-refractivity contribution in [3.8, 4) is 17.6 Å². The van der Waals surface area contributed by atoms with Gasteiger partial charge in [0.15, 0.2) is 11.5 Å². The summed E-state index contributed by atoms with van der Waals surface area (Å²) < 4.78 is 12.8. The number of ether oxygens (including phenoxy) is 2. The molecule has 0 fully saturated rings. The van der Waals surface area contributed by atoms with Crippen LogP contribution in [0.4, 0.5) is 5.69 Å². The summed E-state index contributed by atoms with van der Waals surface area (Å²) in [5.74, 6) is 0.364. The van der Waals surface area contributed by atoms with Gasteiger partial charge in [-0.2, -0.15) is 5.26 Å². The number of anilines is 1. The average Bonchev–Trinajstić information content (AvgIpc) is 2.77. The van der Waals surface area contributed by atoms with Crippen LogP contribution in [0.2, 0.25) is 10.0 Å². The van der Waals surface area contributed by atoms with Crippen molar-refractivity contribution < 1.29 is 14.3 Å². The molecule has 0 aliphatic heterocycles. The Morgan fingerprint density at radius 3 is 2.58 bits per heavy atom. The first-order valence-corrected chi connectivity index (χ1v) is 11.8. The second kappa shape index (κ2) is 11.6. The minimum Gasteiger partial charge on any atom is -0.493 e. The molecular formula is C24H16Br2Cl2N2O3. The Balaban J connectivity index is 1.83. The number of rotatable bonds is 7. The topological polar surface area (TPSA) is 71.3 Å². The number of carbonyl (C=O) groups is 1. The number of benzene rings is 3. The lowest BCUT2D eigenvalue weighted by atomic mass is 10.1. The Morgan fingerprint density at radius 1 is 1.12 bits per heavy atom. The first-order chi connectivity index (χ1) is 15.8. The molecule has 3 aromatic rings. The first-order valence-electron chi connectivity index (χ1n) is 9.43. The predicted octanol–water partition coefficient (Wildman–Crippen LogP) is 7.65. The second-order valence-corrected chi connectivity index (χ2v) is 9.30. The third-order valence-electron chi connectivity index (χ3n) is 4.43. The molecule has 9 heteroatoms. The normalized spacial score (nSPS) is 11.0. The molecule has 1 N–H and O–H groups in total. The molecule has 0 aliphatic rings. The summed E-state index contributed by atoms with van der Waals surface area (Å²) in [5.41, 5.74) is 1.83. The first kappa shape index (κ1) is 25.1. The number of nitrogens with one attached hydrogen (secondary N) is 1. The zero-order chi connectivity index (χ0) is 24.0. The van der Waals surface area contributed by atoms with Gasteiger partial charge in [0, 0.05) is 30.2 Å². The predicted molar refractivity (Wildman–Crippen MR) is 138 cm³/mol. The van der Waals surface area contributed by atoms with E-state index in [4.69, 9.17) is 32.7 Å². The molecule has 0 spiro atoms. The summed E-state index contributed by atoms with van der Waals surface area (Å²) in [4.78, 5) is 12.6. The Morgan fingerprint density at radius 2 is 1.91 bits per heavy atom. The van der Waals surface area contributed by atoms with Gasteiger partial charge in [-0.1, -0.05) is 67.2 Å². The maximum Gasteiger partial charge on any atom is 0.266 e. The van der Waals surface area contributed by atoms with E-state index in [1.807, 2.05) is 12.1 Å². The number of nitriles is 1. The van der Waals surface area contributed by atoms with Crippen molar-refractivity contribution in [3.63, 3.8) is 0 Å². The van der Waals surface area contributed by atoms with Crippen molar-refractivity contribution in [1.82, 2.24) is 0 Å². The maximum absolute atomic E-state index is 12.6. The van der Waals surface area contributed by atoms with Crippen molar-refractivity contribution in [2.24, 2.45) is 0 Å². The number of amides is 1. The molecule has 0 saturated carbocycles. The third kappa shape index (κ3) is 6.75. The van der Waals surface area contributed by atoms with Crippen LogP contribution in [0.3, 0.4) is 0 Å². The van der Waals surface area contributed by atoms with E-state index in [0.717, 1.165) is 10.0 Å². The van der Waals surface area contributed by atoms with Crippen LogP contribution in [0.5, 0.6) is 11.5 Å². The van der Waals surface area contributed by atoms with Crippen LogP contribution in [0, 0.1) is 11.3 Å². The van der Waals surface area contributed by atoms with E-state index in [0.29, 0.717) is 37.3 Å². The molecule has 0 saturated heterocycles. The molecule has 1 amide bonds. The number of nitrogens with zero attached hydrogens (tertiary/aromatic N) is 1. The van der Waals surface area contributed by atoms with Gasteiger partial charge in [0.2, 0.25) is 0 Å². The molecule has 0 unspecified atom stereocenters. The maximum atomic E-state index is 12.6. The van der Waals surface area contributed by atoms with Crippen LogP contribution in [-0.2, 0) is 11.4 Å². The van der Waals surface area contributed by atoms with E-state index >= 15 is 0 Å². The highest BCUT2D eigenvalue weighted by Crippen LogP contribution is 2.35. The molecule has 33 heavy (non-hydrogen) atoms. The van der Waals surface area contributed by atoms with Crippen LogP contribution >= 0.6 is 55.1 Å². The van der Waals surface area contributed by atoms with Crippen LogP contribution in [0.25, 0.3) is 6.08 Å². The molecule has 0 atom stereocenters. The van der Waals surface area contributed by atoms with Crippen molar-refractivity contribution in [3.05, 3.63) is 90.3 Å². The fourth-order valence-corrected chi connectivity index (χ4v) is 4.10. The minimum atomic E-state index is -0.529. The van der Waals surface area contributed by atoms with Gasteiger partial charge in [-0.3, -0.25) is 4.79 Å². The van der Waals surface area contributed by atoms with Crippen molar-refractivity contribution in [2.75, 3.05) is 12.4 Å². The molecule has 0 radical (unpaired) electrons. The van der Waals surface area contributed by atoms with Crippen LogP contribution in [0.15, 0.2) is 69.1 Å². The summed E-state index contributed by atoms with van der Waals surface area (Å²) >= 11 is 19.0. The minimum absolute atomic E-state index is 0.0701. The molecule has 0 aliphatic carbocycles. The largest absolute Gasteiger partial charge is 0.493 e. The summed E-state index contributed by atoms with van der Waals surface area (Å²) in [6.07, 6.45) is 1.47. The summed E-state index contributed by atoms with van der Waals surface area (Å²) in [6, 6.07) is 17.6. The molecule has 3 aromatic carbocycles. The highest BCUT2D eigenvalue weighted by atomic mass is 79.9. The molecule has 3 rings (SSSR count). The van der Waals surface area contributed by atoms with E-state index in [-0.39, 0.29) is 12.2 Å². The van der Waals surface area contributed by atoms with Crippen LogP contribution in [-0.4, -0.2) is 13.0 Å². The zero-order valence-electron chi connectivity index (χ0n) is 17.2. The number of hydrogen-bond acceptors (Lipinski definition) is 4. The number of carbonyl (C=O) groups excluding carboxylic acids is 1. The number of halogens is 4. The second-order valence-electron chi connectivity index (χ2n) is 6.68. The Kier molecular flexibility index (Phi) is 8.81. The fraction of sp³-hybridized carbons (Fsp3) is 0.0833. The molecule has 5 nitrogen and oxygen atoms in total. The fourth-order valence-electron chi connectivity index (χ4n) is 2.80. The van der Waals surface area contributed by atoms with E-state index in [9.17, 15) is 10.1 Å². The molecular weight excluding hydrogens is 595 g/mol. The molecule has 0 aromatic heterocycles. The van der Waals surface area contributed by atoms with Crippen LogP contribution < -0.4 is 14.8 Å². The Hall–Kier alpha value is -2.50. The molecule has 0 heterocycles. The Labute approximate surface area is 218 Å². The van der Waals surface area contributed by atoms with Crippen LogP contribution in [0.1, 0.15) is 11.1 Å². The van der Waals surface area contributed by atoms with Gasteiger partial charge < -0.3 is 14.8 Å². The van der Waals surface area contributed by atoms with Gasteiger partial charge in [0.05, 0.1) is 7.11 Å². The third-order valence-corrected chi connectivity index (χ3v) is 6.20. The van der Waals surface area contributed by atoms with Gasteiger partial charge >= 0.3 is 0 Å². The van der Waals surface area contributed by atoms with E-state index in [2.05, 4.69) is 37.2 Å². The Bertz CT molecular complexity index is 1270. The lowest BCUT2D eigenvalue weighted by Crippen LogP contribution is -2.13. The molecule has 0 bridgehead atoms. The van der Waals surface area contributed by atoms with E-state index in [1.54, 1.807) is 48.5 Å². The SMILES string of the molecule is COc1cc(/C=C(/C#N)C(=O)Nc2cccc(Br)c2)c(Br)cc1OCc1ccc(Cl)cc1Cl. The van der Waals surface area contributed by atoms with Crippen molar-refractivity contribution >= 4 is 72.7 Å². The van der Waals surface area contributed by atoms with Crippen molar-refractivity contribution in [2.45, 2.75) is 6.61 Å². The number of hydrogen-bond donors (Lipinski definition) is 1. The van der Waals surface area contributed by atoms with Gasteiger partial charge in [-0.25, -0.2) is 0 Å². The highest BCUT2D eigenvalue weighted by Gasteiger charge is 2.14. The van der Waals surface area contributed by atoms with E-state index < -0.39 is 5.91 Å². The van der Waals surface area contributed by atoms with Gasteiger partial charge in [0.1, 0.15) is 18.2 Å². The summed E-state index contributed by atoms with van der Waals surface area (Å²) in [5, 5.41) is 13.3. The number of methoxy groups -OCH3 is 1. The summed E-state index contributed by atoms with van der Waals surface area (Å²) in [6.45, 7) is 0.201. The lowest BCUT2D eigenvalue weighted by molar-refractivity contribution is -0.112. The van der Waals surface area contributed by atoms with Gasteiger partial charge in [-0.05, 0) is 54.1 Å². The lowest BCUT2D eigenvalue weighted by Gasteiger charge is -2.14. The van der Waals surface area contributed by atoms with Gasteiger partial charge in [0.25, 0.3) is 5.91 Å². The molecule has 168 valence electrons.